The maximum absolute atomic E-state index is 12.1. The Labute approximate surface area is 127 Å². The van der Waals surface area contributed by atoms with Gasteiger partial charge in [0, 0.05) is 12.1 Å². The Morgan fingerprint density at radius 3 is 2.33 bits per heavy atom. The van der Waals surface area contributed by atoms with Gasteiger partial charge in [0.15, 0.2) is 0 Å². The van der Waals surface area contributed by atoms with E-state index in [2.05, 4.69) is 4.72 Å². The largest absolute Gasteiger partial charge is 0.466 e. The molecule has 0 aliphatic rings. The lowest BCUT2D eigenvalue weighted by Crippen LogP contribution is -2.40. The molecule has 21 heavy (non-hydrogen) atoms. The third-order valence-corrected chi connectivity index (χ3v) is 5.36. The quantitative estimate of drug-likeness (QED) is 0.772. The Balaban J connectivity index is 2.75. The third-order valence-electron chi connectivity index (χ3n) is 3.87. The van der Waals surface area contributed by atoms with Gasteiger partial charge in [-0.3, -0.25) is 0 Å². The Bertz CT molecular complexity index is 556. The van der Waals surface area contributed by atoms with E-state index >= 15 is 0 Å². The standard InChI is InChI=1S/C15H27NO4S/c1-6-13(7-2)9-21(18,19)16-10-15(5,17)14-8-11(3)20-12(14)4/h8,13,16-17H,6-7,9-10H2,1-5H3. The van der Waals surface area contributed by atoms with Gasteiger partial charge in [0.2, 0.25) is 10.0 Å². The number of furan rings is 1. The van der Waals surface area contributed by atoms with E-state index in [0.717, 1.165) is 12.8 Å². The number of aryl methyl sites for hydroxylation is 2. The average Bonchev–Trinajstić information content (AvgIpc) is 2.74. The van der Waals surface area contributed by atoms with Crippen molar-refractivity contribution in [2.24, 2.45) is 5.92 Å². The third kappa shape index (κ3) is 5.13. The molecule has 0 radical (unpaired) electrons. The molecule has 0 aromatic carbocycles. The molecule has 6 heteroatoms. The molecular weight excluding hydrogens is 290 g/mol. The van der Waals surface area contributed by atoms with E-state index in [1.54, 1.807) is 26.8 Å². The van der Waals surface area contributed by atoms with Crippen molar-refractivity contribution in [3.8, 4) is 0 Å². The zero-order valence-electron chi connectivity index (χ0n) is 13.6. The van der Waals surface area contributed by atoms with Crippen molar-refractivity contribution in [1.29, 1.82) is 0 Å². The highest BCUT2D eigenvalue weighted by molar-refractivity contribution is 7.89. The maximum atomic E-state index is 12.1. The summed E-state index contributed by atoms with van der Waals surface area (Å²) in [4.78, 5) is 0. The van der Waals surface area contributed by atoms with Gasteiger partial charge in [-0.25, -0.2) is 13.1 Å². The molecule has 1 aromatic rings. The number of hydrogen-bond donors (Lipinski definition) is 2. The van der Waals surface area contributed by atoms with Crippen molar-refractivity contribution >= 4 is 10.0 Å². The molecule has 0 saturated heterocycles. The smallest absolute Gasteiger partial charge is 0.211 e. The Kier molecular flexibility index (Phi) is 6.01. The number of rotatable bonds is 8. The summed E-state index contributed by atoms with van der Waals surface area (Å²) in [7, 11) is -3.39. The van der Waals surface area contributed by atoms with Crippen LogP contribution in [0.1, 0.15) is 50.7 Å². The SMILES string of the molecule is CCC(CC)CS(=O)(=O)NCC(C)(O)c1cc(C)oc1C. The number of aliphatic hydroxyl groups is 1. The van der Waals surface area contributed by atoms with Gasteiger partial charge in [-0.15, -0.1) is 0 Å². The van der Waals surface area contributed by atoms with Crippen LogP contribution >= 0.6 is 0 Å². The molecule has 0 aliphatic heterocycles. The van der Waals surface area contributed by atoms with Crippen molar-refractivity contribution in [3.63, 3.8) is 0 Å². The van der Waals surface area contributed by atoms with Crippen LogP contribution < -0.4 is 4.72 Å². The van der Waals surface area contributed by atoms with Crippen LogP contribution in [0.25, 0.3) is 0 Å². The Morgan fingerprint density at radius 1 is 1.33 bits per heavy atom. The first-order chi connectivity index (χ1) is 9.61. The lowest BCUT2D eigenvalue weighted by Gasteiger charge is -2.24. The lowest BCUT2D eigenvalue weighted by molar-refractivity contribution is 0.0612. The molecule has 0 spiro atoms. The van der Waals surface area contributed by atoms with E-state index in [4.69, 9.17) is 4.42 Å². The van der Waals surface area contributed by atoms with Crippen LogP contribution in [0.15, 0.2) is 10.5 Å². The number of sulfonamides is 1. The van der Waals surface area contributed by atoms with Gasteiger partial charge >= 0.3 is 0 Å². The second kappa shape index (κ2) is 6.94. The first kappa shape index (κ1) is 18.2. The predicted octanol–water partition coefficient (Wildman–Crippen LogP) is 2.46. The molecule has 2 N–H and O–H groups in total. The van der Waals surface area contributed by atoms with E-state index in [-0.39, 0.29) is 18.2 Å². The van der Waals surface area contributed by atoms with Gasteiger partial charge in [0.05, 0.1) is 5.75 Å². The lowest BCUT2D eigenvalue weighted by atomic mass is 9.97. The van der Waals surface area contributed by atoms with Gasteiger partial charge < -0.3 is 9.52 Å². The van der Waals surface area contributed by atoms with Gasteiger partial charge in [-0.05, 0) is 32.8 Å². The van der Waals surface area contributed by atoms with Crippen LogP contribution in [0, 0.1) is 19.8 Å². The summed E-state index contributed by atoms with van der Waals surface area (Å²) in [6.07, 6.45) is 1.65. The van der Waals surface area contributed by atoms with Crippen molar-refractivity contribution in [2.45, 2.75) is 53.1 Å². The fraction of sp³-hybridized carbons (Fsp3) is 0.733. The number of hydrogen-bond acceptors (Lipinski definition) is 4. The van der Waals surface area contributed by atoms with Crippen LogP contribution in [-0.2, 0) is 15.6 Å². The minimum absolute atomic E-state index is 0.0602. The second-order valence-corrected chi connectivity index (χ2v) is 7.74. The monoisotopic (exact) mass is 317 g/mol. The molecule has 1 unspecified atom stereocenters. The van der Waals surface area contributed by atoms with Gasteiger partial charge in [0.25, 0.3) is 0 Å². The first-order valence-corrected chi connectivity index (χ1v) is 9.03. The summed E-state index contributed by atoms with van der Waals surface area (Å²) in [5.41, 5.74) is -0.673. The zero-order valence-corrected chi connectivity index (χ0v) is 14.4. The van der Waals surface area contributed by atoms with Gasteiger partial charge in [-0.2, -0.15) is 0 Å². The molecule has 1 atom stereocenters. The highest BCUT2D eigenvalue weighted by Crippen LogP contribution is 2.26. The molecular formula is C15H27NO4S. The fourth-order valence-corrected chi connectivity index (χ4v) is 4.12. The van der Waals surface area contributed by atoms with Crippen LogP contribution in [0.2, 0.25) is 0 Å². The van der Waals surface area contributed by atoms with Crippen molar-refractivity contribution < 1.29 is 17.9 Å². The molecule has 0 bridgehead atoms. The first-order valence-electron chi connectivity index (χ1n) is 7.38. The molecule has 0 fully saturated rings. The van der Waals surface area contributed by atoms with Crippen LogP contribution in [0.4, 0.5) is 0 Å². The topological polar surface area (TPSA) is 79.5 Å². The van der Waals surface area contributed by atoms with Crippen LogP contribution in [-0.4, -0.2) is 25.8 Å². The molecule has 1 rings (SSSR count). The average molecular weight is 317 g/mol. The zero-order chi connectivity index (χ0) is 16.3. The van der Waals surface area contributed by atoms with Crippen molar-refractivity contribution in [1.82, 2.24) is 4.72 Å². The van der Waals surface area contributed by atoms with Crippen LogP contribution in [0.5, 0.6) is 0 Å². The predicted molar refractivity (Wildman–Crippen MR) is 83.6 cm³/mol. The summed E-state index contributed by atoms with van der Waals surface area (Å²) in [6.45, 7) is 9.05. The molecule has 0 aliphatic carbocycles. The molecule has 5 nitrogen and oxygen atoms in total. The Hall–Kier alpha value is -0.850. The second-order valence-electron chi connectivity index (χ2n) is 5.89. The summed E-state index contributed by atoms with van der Waals surface area (Å²) in [5, 5.41) is 10.5. The van der Waals surface area contributed by atoms with E-state index in [1.807, 2.05) is 13.8 Å². The number of nitrogens with one attached hydrogen (secondary N) is 1. The summed E-state index contributed by atoms with van der Waals surface area (Å²) < 4.78 is 32.1. The Morgan fingerprint density at radius 2 is 1.90 bits per heavy atom. The molecule has 1 aromatic heterocycles. The van der Waals surface area contributed by atoms with E-state index in [0.29, 0.717) is 17.1 Å². The summed E-state index contributed by atoms with van der Waals surface area (Å²) in [6, 6.07) is 1.74. The highest BCUT2D eigenvalue weighted by atomic mass is 32.2. The minimum atomic E-state index is -3.39. The fourth-order valence-electron chi connectivity index (χ4n) is 2.40. The van der Waals surface area contributed by atoms with Gasteiger partial charge in [0.1, 0.15) is 17.1 Å². The van der Waals surface area contributed by atoms with Crippen LogP contribution in [0.3, 0.4) is 0 Å². The van der Waals surface area contributed by atoms with Gasteiger partial charge in [-0.1, -0.05) is 26.7 Å². The molecule has 0 saturated carbocycles. The molecule has 0 amide bonds. The van der Waals surface area contributed by atoms with Crippen molar-refractivity contribution in [3.05, 3.63) is 23.2 Å². The molecule has 1 heterocycles. The van der Waals surface area contributed by atoms with Crippen molar-refractivity contribution in [2.75, 3.05) is 12.3 Å². The normalized spacial score (nSPS) is 15.4. The highest BCUT2D eigenvalue weighted by Gasteiger charge is 2.29. The maximum Gasteiger partial charge on any atom is 0.211 e. The van der Waals surface area contributed by atoms with E-state index < -0.39 is 15.6 Å². The molecule has 122 valence electrons. The van der Waals surface area contributed by atoms with E-state index in [9.17, 15) is 13.5 Å². The summed E-state index contributed by atoms with van der Waals surface area (Å²) in [5.74, 6) is 1.55. The minimum Gasteiger partial charge on any atom is -0.466 e. The summed E-state index contributed by atoms with van der Waals surface area (Å²) >= 11 is 0. The van der Waals surface area contributed by atoms with E-state index in [1.165, 1.54) is 0 Å².